The quantitative estimate of drug-likeness (QED) is 0.251. The molecule has 0 spiro atoms. The summed E-state index contributed by atoms with van der Waals surface area (Å²) in [5.74, 6) is -5.26. The van der Waals surface area contributed by atoms with Gasteiger partial charge in [0.05, 0.1) is 29.5 Å². The van der Waals surface area contributed by atoms with Crippen molar-refractivity contribution in [2.75, 3.05) is 7.11 Å². The summed E-state index contributed by atoms with van der Waals surface area (Å²) in [5.41, 5.74) is -4.71. The van der Waals surface area contributed by atoms with Crippen molar-refractivity contribution in [3.05, 3.63) is 76.3 Å². The summed E-state index contributed by atoms with van der Waals surface area (Å²) in [6.45, 7) is 0. The van der Waals surface area contributed by atoms with E-state index in [9.17, 15) is 31.1 Å². The highest BCUT2D eigenvalue weighted by atomic mass is 35.5. The lowest BCUT2D eigenvalue weighted by Gasteiger charge is -2.13. The van der Waals surface area contributed by atoms with Crippen molar-refractivity contribution in [1.82, 2.24) is 14.9 Å². The monoisotopic (exact) mass is 501 g/mol. The van der Waals surface area contributed by atoms with E-state index in [0.717, 1.165) is 25.3 Å². The number of rotatable bonds is 4. The largest absolute Gasteiger partial charge is 0.465 e. The minimum atomic E-state index is -5.16. The molecule has 4 aromatic rings. The Morgan fingerprint density at radius 1 is 1.12 bits per heavy atom. The number of aromatic nitrogens is 3. The number of benzene rings is 2. The topological polar surface area (TPSA) is 70.2 Å². The summed E-state index contributed by atoms with van der Waals surface area (Å²) in [6.07, 6.45) is -4.52. The first-order chi connectivity index (χ1) is 16.0. The molecule has 34 heavy (non-hydrogen) atoms. The van der Waals surface area contributed by atoms with Crippen molar-refractivity contribution in [2.24, 2.45) is 0 Å². The number of hydrogen-bond donors (Lipinski definition) is 0. The zero-order valence-corrected chi connectivity index (χ0v) is 17.5. The fourth-order valence-corrected chi connectivity index (χ4v) is 3.54. The van der Waals surface area contributed by atoms with Gasteiger partial charge in [-0.2, -0.15) is 18.3 Å². The molecular formula is C21H10ClF6N3O3. The van der Waals surface area contributed by atoms with Crippen molar-refractivity contribution < 1.29 is 40.4 Å². The van der Waals surface area contributed by atoms with Gasteiger partial charge in [0.1, 0.15) is 28.6 Å². The molecule has 0 radical (unpaired) electrons. The number of hydrogen-bond acceptors (Lipinski definition) is 5. The third kappa shape index (κ3) is 3.89. The lowest BCUT2D eigenvalue weighted by Crippen LogP contribution is -2.16. The average molecular weight is 502 g/mol. The van der Waals surface area contributed by atoms with Crippen molar-refractivity contribution in [2.45, 2.75) is 6.18 Å². The van der Waals surface area contributed by atoms with Gasteiger partial charge in [0.15, 0.2) is 17.3 Å². The maximum Gasteiger partial charge on any atom is 0.434 e. The van der Waals surface area contributed by atoms with Crippen LogP contribution in [-0.4, -0.2) is 28.0 Å². The van der Waals surface area contributed by atoms with E-state index in [1.165, 1.54) is 12.1 Å². The molecule has 0 unspecified atom stereocenters. The van der Waals surface area contributed by atoms with Gasteiger partial charge < -0.3 is 9.26 Å². The number of halogens is 7. The maximum absolute atomic E-state index is 14.5. The molecule has 0 aliphatic carbocycles. The van der Waals surface area contributed by atoms with Gasteiger partial charge in [0, 0.05) is 6.07 Å². The van der Waals surface area contributed by atoms with E-state index >= 15 is 0 Å². The van der Waals surface area contributed by atoms with Gasteiger partial charge >= 0.3 is 12.1 Å². The Balaban J connectivity index is 2.02. The molecule has 0 fully saturated rings. The number of methoxy groups -OCH3 is 1. The van der Waals surface area contributed by atoms with E-state index in [1.807, 2.05) is 0 Å². The summed E-state index contributed by atoms with van der Waals surface area (Å²) in [4.78, 5) is 12.5. The molecule has 0 N–H and O–H groups in total. The molecular weight excluding hydrogens is 492 g/mol. The molecule has 13 heteroatoms. The van der Waals surface area contributed by atoms with Crippen LogP contribution in [0, 0.1) is 17.5 Å². The molecule has 2 heterocycles. The number of alkyl halides is 3. The molecule has 0 saturated heterocycles. The zero-order valence-electron chi connectivity index (χ0n) is 16.8. The van der Waals surface area contributed by atoms with E-state index < -0.39 is 69.1 Å². The standard InChI is InChI=1S/C21H10ClF6N3O3/c1-33-20(32)16-17(15-11(22)3-2-4-12(15)24)30-34-18(16)10-8-29-31(19(10)21(26,27)28)14-6-5-9(23)7-13(14)25/h2-8H,1H3. The summed E-state index contributed by atoms with van der Waals surface area (Å²) >= 11 is 6.01. The van der Waals surface area contributed by atoms with Crippen LogP contribution in [0.1, 0.15) is 16.1 Å². The maximum atomic E-state index is 14.5. The highest BCUT2D eigenvalue weighted by molar-refractivity contribution is 6.33. The second kappa shape index (κ2) is 8.52. The number of nitrogens with zero attached hydrogens (tertiary/aromatic N) is 3. The molecule has 0 saturated carbocycles. The van der Waals surface area contributed by atoms with Crippen molar-refractivity contribution in [3.63, 3.8) is 0 Å². The van der Waals surface area contributed by atoms with Crippen LogP contribution in [-0.2, 0) is 10.9 Å². The second-order valence-corrected chi connectivity index (χ2v) is 7.14. The molecule has 0 bridgehead atoms. The number of carbonyl (C=O) groups excluding carboxylic acids is 1. The highest BCUT2D eigenvalue weighted by Gasteiger charge is 2.42. The Morgan fingerprint density at radius 2 is 1.85 bits per heavy atom. The van der Waals surface area contributed by atoms with E-state index in [2.05, 4.69) is 15.0 Å². The normalized spacial score (nSPS) is 11.6. The van der Waals surface area contributed by atoms with Gasteiger partial charge in [-0.15, -0.1) is 0 Å². The van der Waals surface area contributed by atoms with Gasteiger partial charge in [-0.3, -0.25) is 0 Å². The number of carbonyl (C=O) groups is 1. The van der Waals surface area contributed by atoms with Crippen LogP contribution in [0.25, 0.3) is 28.3 Å². The Morgan fingerprint density at radius 3 is 2.47 bits per heavy atom. The smallest absolute Gasteiger partial charge is 0.434 e. The predicted octanol–water partition coefficient (Wildman–Crippen LogP) is 6.07. The van der Waals surface area contributed by atoms with Crippen LogP contribution < -0.4 is 0 Å². The predicted molar refractivity (Wildman–Crippen MR) is 106 cm³/mol. The van der Waals surface area contributed by atoms with Gasteiger partial charge in [0.25, 0.3) is 0 Å². The SMILES string of the molecule is COC(=O)c1c(-c2c(F)cccc2Cl)noc1-c1cnn(-c2ccc(F)cc2F)c1C(F)(F)F. The van der Waals surface area contributed by atoms with Crippen molar-refractivity contribution in [1.29, 1.82) is 0 Å². The molecule has 176 valence electrons. The summed E-state index contributed by atoms with van der Waals surface area (Å²) in [7, 11) is 0.938. The molecule has 6 nitrogen and oxygen atoms in total. The van der Waals surface area contributed by atoms with E-state index in [1.54, 1.807) is 0 Å². The first kappa shape index (κ1) is 23.4. The highest BCUT2D eigenvalue weighted by Crippen LogP contribution is 2.43. The first-order valence-electron chi connectivity index (χ1n) is 9.18. The first-order valence-corrected chi connectivity index (χ1v) is 9.55. The fraction of sp³-hybridized carbons (Fsp3) is 0.0952. The molecule has 2 aromatic heterocycles. The fourth-order valence-electron chi connectivity index (χ4n) is 3.28. The molecule has 0 amide bonds. The summed E-state index contributed by atoms with van der Waals surface area (Å²) < 4.78 is 94.1. The van der Waals surface area contributed by atoms with Crippen molar-refractivity contribution in [3.8, 4) is 28.3 Å². The lowest BCUT2D eigenvalue weighted by molar-refractivity contribution is -0.142. The Bertz CT molecular complexity index is 1390. The Kier molecular flexibility index (Phi) is 5.86. The average Bonchev–Trinajstić information content (AvgIpc) is 3.37. The minimum absolute atomic E-state index is 0.170. The van der Waals surface area contributed by atoms with Gasteiger partial charge in [-0.1, -0.05) is 22.8 Å². The minimum Gasteiger partial charge on any atom is -0.465 e. The Hall–Kier alpha value is -3.80. The lowest BCUT2D eigenvalue weighted by atomic mass is 10.0. The second-order valence-electron chi connectivity index (χ2n) is 6.74. The number of esters is 1. The van der Waals surface area contributed by atoms with Crippen LogP contribution in [0.2, 0.25) is 5.02 Å². The van der Waals surface area contributed by atoms with Gasteiger partial charge in [-0.05, 0) is 24.3 Å². The van der Waals surface area contributed by atoms with Crippen molar-refractivity contribution >= 4 is 17.6 Å². The Labute approximate surface area is 191 Å². The number of ether oxygens (including phenoxy) is 1. The molecule has 4 rings (SSSR count). The molecule has 0 aliphatic heterocycles. The van der Waals surface area contributed by atoms with Gasteiger partial charge in [-0.25, -0.2) is 22.6 Å². The van der Waals surface area contributed by atoms with Crippen LogP contribution in [0.5, 0.6) is 0 Å². The van der Waals surface area contributed by atoms with Crippen LogP contribution in [0.15, 0.2) is 47.1 Å². The molecule has 0 atom stereocenters. The van der Waals surface area contributed by atoms with E-state index in [0.29, 0.717) is 12.3 Å². The zero-order chi connectivity index (χ0) is 24.8. The third-order valence-corrected chi connectivity index (χ3v) is 5.02. The van der Waals surface area contributed by atoms with Gasteiger partial charge in [0.2, 0.25) is 0 Å². The van der Waals surface area contributed by atoms with E-state index in [-0.39, 0.29) is 9.70 Å². The van der Waals surface area contributed by atoms with Crippen LogP contribution in [0.3, 0.4) is 0 Å². The van der Waals surface area contributed by atoms with E-state index in [4.69, 9.17) is 16.1 Å². The third-order valence-electron chi connectivity index (χ3n) is 4.70. The molecule has 0 aliphatic rings. The summed E-state index contributed by atoms with van der Waals surface area (Å²) in [6, 6.07) is 5.40. The summed E-state index contributed by atoms with van der Waals surface area (Å²) in [5, 5.41) is 6.91. The van der Waals surface area contributed by atoms with Crippen LogP contribution in [0.4, 0.5) is 26.3 Å². The van der Waals surface area contributed by atoms with Crippen LogP contribution >= 0.6 is 11.6 Å². The molecule has 2 aromatic carbocycles.